The molecule has 16 heavy (non-hydrogen) atoms. The number of hydrogen-bond donors (Lipinski definition) is 0. The normalized spacial score (nSPS) is 15.9. The highest BCUT2D eigenvalue weighted by molar-refractivity contribution is 7.49. The van der Waals surface area contributed by atoms with Crippen LogP contribution in [0.5, 0.6) is 11.5 Å². The molecule has 1 heterocycles. The molecule has 0 bridgehead atoms. The first-order valence-corrected chi connectivity index (χ1v) is 6.41. The van der Waals surface area contributed by atoms with Gasteiger partial charge in [-0.2, -0.15) is 0 Å². The minimum Gasteiger partial charge on any atom is -0.391 e. The topological polar surface area (TPSA) is 44.8 Å². The number of phosphoric acid groups is 1. The van der Waals surface area contributed by atoms with Crippen LogP contribution < -0.4 is 9.05 Å². The third kappa shape index (κ3) is 2.46. The highest BCUT2D eigenvalue weighted by atomic mass is 31.2. The van der Waals surface area contributed by atoms with E-state index < -0.39 is 7.82 Å². The van der Waals surface area contributed by atoms with E-state index in [2.05, 4.69) is 0 Å². The van der Waals surface area contributed by atoms with Gasteiger partial charge in [-0.3, -0.25) is 4.52 Å². The standard InChI is InChI=1S/C11H13O4P/c1-9(2)7-8-13-16(12)14-10-5-3-4-6-11(10)15-16/h3-7H,8H2,1-2H3. The Bertz CT molecular complexity index is 434. The molecular weight excluding hydrogens is 227 g/mol. The minimum atomic E-state index is -3.45. The maximum Gasteiger partial charge on any atom is 0.588 e. The molecule has 5 heteroatoms. The van der Waals surface area contributed by atoms with Crippen molar-refractivity contribution in [3.8, 4) is 11.5 Å². The van der Waals surface area contributed by atoms with Gasteiger partial charge in [0.05, 0.1) is 6.61 Å². The average molecular weight is 240 g/mol. The van der Waals surface area contributed by atoms with Gasteiger partial charge < -0.3 is 9.05 Å². The van der Waals surface area contributed by atoms with Gasteiger partial charge in [-0.1, -0.05) is 23.8 Å². The molecule has 86 valence electrons. The summed E-state index contributed by atoms with van der Waals surface area (Å²) in [5.41, 5.74) is 1.09. The van der Waals surface area contributed by atoms with Crippen LogP contribution in [-0.2, 0) is 9.09 Å². The van der Waals surface area contributed by atoms with Gasteiger partial charge in [0.15, 0.2) is 11.5 Å². The molecule has 1 aromatic rings. The Balaban J connectivity index is 2.04. The molecule has 1 aliphatic heterocycles. The lowest BCUT2D eigenvalue weighted by molar-refractivity contribution is 0.250. The first-order chi connectivity index (χ1) is 7.59. The molecule has 1 aliphatic rings. The van der Waals surface area contributed by atoms with E-state index in [-0.39, 0.29) is 6.61 Å². The Labute approximate surface area is 94.5 Å². The average Bonchev–Trinajstić information content (AvgIpc) is 2.53. The van der Waals surface area contributed by atoms with E-state index in [1.807, 2.05) is 19.9 Å². The van der Waals surface area contributed by atoms with Crippen molar-refractivity contribution in [3.05, 3.63) is 35.9 Å². The van der Waals surface area contributed by atoms with Crippen LogP contribution in [-0.4, -0.2) is 6.61 Å². The summed E-state index contributed by atoms with van der Waals surface area (Å²) in [6.45, 7) is 4.09. The van der Waals surface area contributed by atoms with E-state index in [1.54, 1.807) is 24.3 Å². The Morgan fingerprint density at radius 2 is 1.88 bits per heavy atom. The van der Waals surface area contributed by atoms with Gasteiger partial charge in [0, 0.05) is 0 Å². The number of rotatable bonds is 3. The first-order valence-electron chi connectivity index (χ1n) is 4.95. The molecule has 2 rings (SSSR count). The SMILES string of the molecule is CC(C)=CCOP1(=O)Oc2ccccc2O1. The molecule has 0 N–H and O–H groups in total. The lowest BCUT2D eigenvalue weighted by Crippen LogP contribution is -1.98. The van der Waals surface area contributed by atoms with Crippen LogP contribution in [0.1, 0.15) is 13.8 Å². The van der Waals surface area contributed by atoms with Gasteiger partial charge >= 0.3 is 7.82 Å². The number of para-hydroxylation sites is 2. The van der Waals surface area contributed by atoms with E-state index >= 15 is 0 Å². The third-order valence-electron chi connectivity index (χ3n) is 1.99. The second-order valence-corrected chi connectivity index (χ2v) is 5.17. The number of benzene rings is 1. The fraction of sp³-hybridized carbons (Fsp3) is 0.273. The van der Waals surface area contributed by atoms with Crippen molar-refractivity contribution < 1.29 is 18.1 Å². The highest BCUT2D eigenvalue weighted by Crippen LogP contribution is 2.58. The zero-order valence-electron chi connectivity index (χ0n) is 9.17. The fourth-order valence-electron chi connectivity index (χ4n) is 1.21. The number of hydrogen-bond acceptors (Lipinski definition) is 4. The van der Waals surface area contributed by atoms with E-state index in [4.69, 9.17) is 13.6 Å². The molecule has 0 saturated heterocycles. The smallest absolute Gasteiger partial charge is 0.391 e. The van der Waals surface area contributed by atoms with Crippen LogP contribution in [0.3, 0.4) is 0 Å². The first kappa shape index (κ1) is 11.2. The minimum absolute atomic E-state index is 0.216. The summed E-state index contributed by atoms with van der Waals surface area (Å²) in [7, 11) is -3.45. The van der Waals surface area contributed by atoms with Crippen LogP contribution in [0.15, 0.2) is 35.9 Å². The Morgan fingerprint density at radius 3 is 2.38 bits per heavy atom. The second kappa shape index (κ2) is 4.32. The van der Waals surface area contributed by atoms with Gasteiger partial charge in [0.2, 0.25) is 0 Å². The van der Waals surface area contributed by atoms with Crippen molar-refractivity contribution in [1.29, 1.82) is 0 Å². The summed E-state index contributed by atoms with van der Waals surface area (Å²) in [5, 5.41) is 0. The molecule has 0 unspecified atom stereocenters. The third-order valence-corrected chi connectivity index (χ3v) is 3.30. The molecule has 0 aromatic heterocycles. The van der Waals surface area contributed by atoms with Gasteiger partial charge in [-0.05, 0) is 26.0 Å². The zero-order valence-corrected chi connectivity index (χ0v) is 10.1. The molecular formula is C11H13O4P. The van der Waals surface area contributed by atoms with Crippen molar-refractivity contribution >= 4 is 7.82 Å². The molecule has 1 aromatic carbocycles. The van der Waals surface area contributed by atoms with Gasteiger partial charge in [0.25, 0.3) is 0 Å². The predicted molar refractivity (Wildman–Crippen MR) is 60.7 cm³/mol. The Morgan fingerprint density at radius 1 is 1.31 bits per heavy atom. The molecule has 0 radical (unpaired) electrons. The van der Waals surface area contributed by atoms with Crippen LogP contribution in [0.4, 0.5) is 0 Å². The van der Waals surface area contributed by atoms with Crippen LogP contribution in [0, 0.1) is 0 Å². The molecule has 0 fully saturated rings. The number of allylic oxidation sites excluding steroid dienone is 1. The number of phosphoric ester groups is 1. The lowest BCUT2D eigenvalue weighted by atomic mass is 10.3. The van der Waals surface area contributed by atoms with E-state index in [0.717, 1.165) is 5.57 Å². The van der Waals surface area contributed by atoms with E-state index in [0.29, 0.717) is 11.5 Å². The van der Waals surface area contributed by atoms with Crippen molar-refractivity contribution in [2.24, 2.45) is 0 Å². The predicted octanol–water partition coefficient (Wildman–Crippen LogP) is 3.55. The summed E-state index contributed by atoms with van der Waals surface area (Å²) in [5.74, 6) is 0.922. The molecule has 4 nitrogen and oxygen atoms in total. The summed E-state index contributed by atoms with van der Waals surface area (Å²) in [6.07, 6.45) is 1.81. The molecule has 0 amide bonds. The molecule has 0 aliphatic carbocycles. The molecule has 0 saturated carbocycles. The Hall–Kier alpha value is -1.25. The number of fused-ring (bicyclic) bond motifs is 1. The lowest BCUT2D eigenvalue weighted by Gasteiger charge is -2.07. The van der Waals surface area contributed by atoms with Crippen LogP contribution in [0.25, 0.3) is 0 Å². The van der Waals surface area contributed by atoms with Gasteiger partial charge in [0.1, 0.15) is 0 Å². The quantitative estimate of drug-likeness (QED) is 0.598. The Kier molecular flexibility index (Phi) is 3.03. The van der Waals surface area contributed by atoms with Crippen LogP contribution in [0.2, 0.25) is 0 Å². The van der Waals surface area contributed by atoms with Gasteiger partial charge in [-0.15, -0.1) is 0 Å². The van der Waals surface area contributed by atoms with E-state index in [9.17, 15) is 4.57 Å². The van der Waals surface area contributed by atoms with E-state index in [1.165, 1.54) is 0 Å². The van der Waals surface area contributed by atoms with Crippen molar-refractivity contribution in [1.82, 2.24) is 0 Å². The summed E-state index contributed by atoms with van der Waals surface area (Å²) in [6, 6.07) is 6.96. The summed E-state index contributed by atoms with van der Waals surface area (Å²) < 4.78 is 27.4. The molecule has 0 spiro atoms. The zero-order chi connectivity index (χ0) is 11.6. The van der Waals surface area contributed by atoms with Crippen molar-refractivity contribution in [3.63, 3.8) is 0 Å². The summed E-state index contributed by atoms with van der Waals surface area (Å²) >= 11 is 0. The maximum atomic E-state index is 12.0. The maximum absolute atomic E-state index is 12.0. The van der Waals surface area contributed by atoms with Crippen molar-refractivity contribution in [2.45, 2.75) is 13.8 Å². The van der Waals surface area contributed by atoms with Gasteiger partial charge in [-0.25, -0.2) is 4.57 Å². The highest BCUT2D eigenvalue weighted by Gasteiger charge is 2.38. The van der Waals surface area contributed by atoms with Crippen LogP contribution >= 0.6 is 7.82 Å². The second-order valence-electron chi connectivity index (χ2n) is 3.65. The largest absolute Gasteiger partial charge is 0.588 e. The fourth-order valence-corrected chi connectivity index (χ4v) is 2.39. The molecule has 0 atom stereocenters. The van der Waals surface area contributed by atoms with Crippen molar-refractivity contribution in [2.75, 3.05) is 6.61 Å². The monoisotopic (exact) mass is 240 g/mol. The summed E-state index contributed by atoms with van der Waals surface area (Å²) in [4.78, 5) is 0.